The van der Waals surface area contributed by atoms with Crippen LogP contribution in [0.4, 0.5) is 5.82 Å². The molecule has 3 heterocycles. The molecule has 0 spiro atoms. The maximum absolute atomic E-state index is 9.16. The van der Waals surface area contributed by atoms with Gasteiger partial charge >= 0.3 is 0 Å². The number of nitriles is 1. The number of aromatic nitrogens is 3. The highest BCUT2D eigenvalue weighted by atomic mass is 15.3. The summed E-state index contributed by atoms with van der Waals surface area (Å²) in [5, 5.41) is 13.5. The highest BCUT2D eigenvalue weighted by molar-refractivity contribution is 5.51. The summed E-state index contributed by atoms with van der Waals surface area (Å²) in [7, 11) is 0. The van der Waals surface area contributed by atoms with Crippen molar-refractivity contribution in [2.24, 2.45) is 5.92 Å². The van der Waals surface area contributed by atoms with Crippen molar-refractivity contribution in [1.82, 2.24) is 14.6 Å². The van der Waals surface area contributed by atoms with E-state index in [-0.39, 0.29) is 5.92 Å². The van der Waals surface area contributed by atoms with Gasteiger partial charge in [-0.1, -0.05) is 13.3 Å². The average molecular weight is 269 g/mol. The number of hydrogen-bond donors (Lipinski definition) is 0. The summed E-state index contributed by atoms with van der Waals surface area (Å²) in [6.07, 6.45) is 5.91. The van der Waals surface area contributed by atoms with Crippen LogP contribution in [0.5, 0.6) is 0 Å². The zero-order valence-electron chi connectivity index (χ0n) is 11.8. The average Bonchev–Trinajstić information content (AvgIpc) is 2.95. The van der Waals surface area contributed by atoms with Gasteiger partial charge in [-0.05, 0) is 19.3 Å². The molecule has 0 saturated carbocycles. The zero-order valence-corrected chi connectivity index (χ0v) is 11.8. The molecule has 0 unspecified atom stereocenters. The highest BCUT2D eigenvalue weighted by Gasteiger charge is 2.22. The summed E-state index contributed by atoms with van der Waals surface area (Å²) >= 11 is 0. The maximum Gasteiger partial charge on any atom is 0.157 e. The number of fused-ring (bicyclic) bond motifs is 1. The van der Waals surface area contributed by atoms with Gasteiger partial charge in [0.05, 0.1) is 18.2 Å². The van der Waals surface area contributed by atoms with Crippen LogP contribution in [0.15, 0.2) is 18.3 Å². The van der Waals surface area contributed by atoms with Gasteiger partial charge in [-0.15, -0.1) is 0 Å². The first-order valence-corrected chi connectivity index (χ1v) is 7.30. The molecule has 0 N–H and O–H groups in total. The van der Waals surface area contributed by atoms with Crippen molar-refractivity contribution in [3.8, 4) is 6.07 Å². The van der Waals surface area contributed by atoms with Crippen LogP contribution in [-0.2, 0) is 6.42 Å². The molecule has 1 saturated heterocycles. The highest BCUT2D eigenvalue weighted by Crippen LogP contribution is 2.24. The normalized spacial score (nSPS) is 19.2. The van der Waals surface area contributed by atoms with Crippen molar-refractivity contribution >= 4 is 11.5 Å². The molecule has 5 nitrogen and oxygen atoms in total. The van der Waals surface area contributed by atoms with Crippen molar-refractivity contribution in [3.63, 3.8) is 0 Å². The van der Waals surface area contributed by atoms with Crippen molar-refractivity contribution in [1.29, 1.82) is 5.26 Å². The standard InChI is InChI=1S/C15H19N5/c1-2-4-13-9-15(20-14(18-13)6-7-17-20)19-8-3-5-12(10-16)11-19/h6-7,9,12H,2-5,8,11H2,1H3/t12-/m0/s1. The molecule has 1 fully saturated rings. The Kier molecular flexibility index (Phi) is 3.55. The van der Waals surface area contributed by atoms with E-state index in [2.05, 4.69) is 34.0 Å². The number of rotatable bonds is 3. The Labute approximate surface area is 118 Å². The SMILES string of the molecule is CCCc1cc(N2CCC[C@@H](C#N)C2)n2nccc2n1. The van der Waals surface area contributed by atoms with Gasteiger partial charge in [0, 0.05) is 30.9 Å². The zero-order chi connectivity index (χ0) is 13.9. The summed E-state index contributed by atoms with van der Waals surface area (Å²) < 4.78 is 1.89. The third kappa shape index (κ3) is 2.34. The summed E-state index contributed by atoms with van der Waals surface area (Å²) in [5.41, 5.74) is 2.00. The Hall–Kier alpha value is -2.09. The van der Waals surface area contributed by atoms with Crippen LogP contribution in [0.2, 0.25) is 0 Å². The van der Waals surface area contributed by atoms with Crippen LogP contribution in [0.25, 0.3) is 5.65 Å². The van der Waals surface area contributed by atoms with Crippen LogP contribution in [0, 0.1) is 17.2 Å². The fourth-order valence-electron chi connectivity index (χ4n) is 2.85. The summed E-state index contributed by atoms with van der Waals surface area (Å²) in [6.45, 7) is 3.94. The first kappa shape index (κ1) is 12.9. The number of piperidine rings is 1. The second-order valence-electron chi connectivity index (χ2n) is 5.37. The molecule has 5 heteroatoms. The molecule has 20 heavy (non-hydrogen) atoms. The van der Waals surface area contributed by atoms with Crippen molar-refractivity contribution in [2.45, 2.75) is 32.6 Å². The minimum atomic E-state index is 0.122. The molecule has 0 aromatic carbocycles. The molecule has 1 atom stereocenters. The van der Waals surface area contributed by atoms with Gasteiger partial charge in [0.2, 0.25) is 0 Å². The topological polar surface area (TPSA) is 57.2 Å². The predicted molar refractivity (Wildman–Crippen MR) is 77.5 cm³/mol. The van der Waals surface area contributed by atoms with E-state index in [9.17, 15) is 0 Å². The first-order valence-electron chi connectivity index (χ1n) is 7.30. The molecule has 2 aromatic heterocycles. The lowest BCUT2D eigenvalue weighted by atomic mass is 10.00. The van der Waals surface area contributed by atoms with Gasteiger partial charge in [-0.3, -0.25) is 0 Å². The summed E-state index contributed by atoms with van der Waals surface area (Å²) in [6, 6.07) is 6.47. The Morgan fingerprint density at radius 3 is 3.20 bits per heavy atom. The van der Waals surface area contributed by atoms with E-state index in [1.165, 1.54) is 0 Å². The second-order valence-corrected chi connectivity index (χ2v) is 5.37. The van der Waals surface area contributed by atoms with Crippen LogP contribution < -0.4 is 4.90 Å². The Bertz CT molecular complexity index is 639. The molecule has 2 aromatic rings. The second kappa shape index (κ2) is 5.49. The van der Waals surface area contributed by atoms with Gasteiger partial charge in [-0.2, -0.15) is 14.9 Å². The van der Waals surface area contributed by atoms with E-state index in [0.29, 0.717) is 0 Å². The van der Waals surface area contributed by atoms with E-state index in [4.69, 9.17) is 5.26 Å². The Morgan fingerprint density at radius 1 is 1.50 bits per heavy atom. The van der Waals surface area contributed by atoms with Crippen molar-refractivity contribution in [2.75, 3.05) is 18.0 Å². The molecule has 0 aliphatic carbocycles. The van der Waals surface area contributed by atoms with E-state index in [0.717, 1.165) is 55.9 Å². The Balaban J connectivity index is 2.00. The number of anilines is 1. The summed E-state index contributed by atoms with van der Waals surface area (Å²) in [5.74, 6) is 1.19. The van der Waals surface area contributed by atoms with Gasteiger partial charge in [0.25, 0.3) is 0 Å². The first-order chi connectivity index (χ1) is 9.81. The largest absolute Gasteiger partial charge is 0.355 e. The molecule has 1 aliphatic rings. The monoisotopic (exact) mass is 269 g/mol. The van der Waals surface area contributed by atoms with E-state index >= 15 is 0 Å². The molecule has 0 radical (unpaired) electrons. The number of nitrogens with zero attached hydrogens (tertiary/aromatic N) is 5. The smallest absolute Gasteiger partial charge is 0.157 e. The summed E-state index contributed by atoms with van der Waals surface area (Å²) in [4.78, 5) is 6.90. The lowest BCUT2D eigenvalue weighted by Crippen LogP contribution is -2.36. The van der Waals surface area contributed by atoms with Gasteiger partial charge in [0.15, 0.2) is 5.65 Å². The van der Waals surface area contributed by atoms with Gasteiger partial charge < -0.3 is 4.90 Å². The molecule has 3 rings (SSSR count). The molecule has 1 aliphatic heterocycles. The van der Waals surface area contributed by atoms with E-state index < -0.39 is 0 Å². The van der Waals surface area contributed by atoms with Crippen LogP contribution in [0.1, 0.15) is 31.9 Å². The lowest BCUT2D eigenvalue weighted by Gasteiger charge is -2.31. The molecule has 0 amide bonds. The molecule has 0 bridgehead atoms. The maximum atomic E-state index is 9.16. The minimum Gasteiger partial charge on any atom is -0.355 e. The predicted octanol–water partition coefficient (Wildman–Crippen LogP) is 2.42. The van der Waals surface area contributed by atoms with Gasteiger partial charge in [-0.25, -0.2) is 4.98 Å². The molecular formula is C15H19N5. The van der Waals surface area contributed by atoms with Crippen molar-refractivity contribution < 1.29 is 0 Å². The van der Waals surface area contributed by atoms with Crippen LogP contribution >= 0.6 is 0 Å². The minimum absolute atomic E-state index is 0.122. The lowest BCUT2D eigenvalue weighted by molar-refractivity contribution is 0.487. The third-order valence-corrected chi connectivity index (χ3v) is 3.83. The third-order valence-electron chi connectivity index (χ3n) is 3.83. The van der Waals surface area contributed by atoms with E-state index in [1.807, 2.05) is 10.6 Å². The number of aryl methyl sites for hydroxylation is 1. The van der Waals surface area contributed by atoms with Crippen molar-refractivity contribution in [3.05, 3.63) is 24.0 Å². The molecular weight excluding hydrogens is 250 g/mol. The van der Waals surface area contributed by atoms with E-state index in [1.54, 1.807) is 6.20 Å². The Morgan fingerprint density at radius 2 is 2.40 bits per heavy atom. The van der Waals surface area contributed by atoms with Gasteiger partial charge in [0.1, 0.15) is 5.82 Å². The van der Waals surface area contributed by atoms with Crippen LogP contribution in [-0.4, -0.2) is 27.7 Å². The number of hydrogen-bond acceptors (Lipinski definition) is 4. The fraction of sp³-hybridized carbons (Fsp3) is 0.533. The quantitative estimate of drug-likeness (QED) is 0.858. The fourth-order valence-corrected chi connectivity index (χ4v) is 2.85. The molecule has 104 valence electrons. The van der Waals surface area contributed by atoms with Crippen LogP contribution in [0.3, 0.4) is 0 Å².